The Hall–Kier alpha value is -2.19. The van der Waals surface area contributed by atoms with Crippen molar-refractivity contribution in [2.45, 2.75) is 25.4 Å². The second kappa shape index (κ2) is 5.78. The van der Waals surface area contributed by atoms with Gasteiger partial charge in [-0.1, -0.05) is 6.07 Å². The molecule has 4 heterocycles. The van der Waals surface area contributed by atoms with Crippen LogP contribution in [0.25, 0.3) is 10.8 Å². The van der Waals surface area contributed by atoms with Gasteiger partial charge < -0.3 is 10.2 Å². The minimum Gasteiger partial charge on any atom is -0.444 e. The van der Waals surface area contributed by atoms with E-state index < -0.39 is 0 Å². The first kappa shape index (κ1) is 14.4. The van der Waals surface area contributed by atoms with Gasteiger partial charge in [0.05, 0.1) is 16.6 Å². The standard InChI is InChI=1S/C15H18N6OS/c1-20-15(16)18-13(19-20)11-4-2-6-21(11)8-10-9-22-14(17-10)12-5-3-7-23-12/h3,5,7,9,11H,2,4,6,8H2,1H3,(H2,16,18,19). The Morgan fingerprint density at radius 1 is 1.43 bits per heavy atom. The zero-order chi connectivity index (χ0) is 15.8. The second-order valence-corrected chi connectivity index (χ2v) is 6.65. The van der Waals surface area contributed by atoms with Crippen LogP contribution in [0.5, 0.6) is 0 Å². The van der Waals surface area contributed by atoms with Gasteiger partial charge in [0.25, 0.3) is 0 Å². The molecule has 120 valence electrons. The summed E-state index contributed by atoms with van der Waals surface area (Å²) in [5, 5.41) is 6.45. The van der Waals surface area contributed by atoms with E-state index in [4.69, 9.17) is 10.2 Å². The maximum absolute atomic E-state index is 5.81. The van der Waals surface area contributed by atoms with Gasteiger partial charge in [-0.25, -0.2) is 9.67 Å². The van der Waals surface area contributed by atoms with Gasteiger partial charge in [0.2, 0.25) is 11.8 Å². The molecule has 0 radical (unpaired) electrons. The van der Waals surface area contributed by atoms with E-state index in [2.05, 4.69) is 20.0 Å². The highest BCUT2D eigenvalue weighted by molar-refractivity contribution is 7.13. The first-order valence-electron chi connectivity index (χ1n) is 7.59. The van der Waals surface area contributed by atoms with E-state index >= 15 is 0 Å². The number of rotatable bonds is 4. The van der Waals surface area contributed by atoms with Gasteiger partial charge in [-0.3, -0.25) is 4.90 Å². The lowest BCUT2D eigenvalue weighted by Crippen LogP contribution is -2.24. The van der Waals surface area contributed by atoms with E-state index in [0.717, 1.165) is 42.3 Å². The number of nitrogens with two attached hydrogens (primary N) is 1. The molecule has 1 aliphatic heterocycles. The maximum Gasteiger partial charge on any atom is 0.236 e. The molecule has 4 rings (SSSR count). The van der Waals surface area contributed by atoms with Crippen molar-refractivity contribution in [3.8, 4) is 10.8 Å². The first-order valence-corrected chi connectivity index (χ1v) is 8.47. The lowest BCUT2D eigenvalue weighted by molar-refractivity contribution is 0.236. The molecule has 3 aromatic heterocycles. The van der Waals surface area contributed by atoms with Gasteiger partial charge >= 0.3 is 0 Å². The smallest absolute Gasteiger partial charge is 0.236 e. The van der Waals surface area contributed by atoms with Crippen LogP contribution in [0.3, 0.4) is 0 Å². The molecule has 0 aliphatic carbocycles. The molecule has 1 fully saturated rings. The quantitative estimate of drug-likeness (QED) is 0.791. The summed E-state index contributed by atoms with van der Waals surface area (Å²) in [4.78, 5) is 12.4. The summed E-state index contributed by atoms with van der Waals surface area (Å²) in [6, 6.07) is 4.21. The largest absolute Gasteiger partial charge is 0.444 e. The van der Waals surface area contributed by atoms with Crippen molar-refractivity contribution in [2.24, 2.45) is 7.05 Å². The van der Waals surface area contributed by atoms with Gasteiger partial charge in [-0.15, -0.1) is 11.3 Å². The third-order valence-corrected chi connectivity index (χ3v) is 4.98. The number of likely N-dealkylation sites (tertiary alicyclic amines) is 1. The summed E-state index contributed by atoms with van der Waals surface area (Å²) in [5.41, 5.74) is 6.74. The minimum atomic E-state index is 0.195. The fourth-order valence-corrected chi connectivity index (χ4v) is 3.62. The Kier molecular flexibility index (Phi) is 3.62. The van der Waals surface area contributed by atoms with Crippen LogP contribution in [0.2, 0.25) is 0 Å². The molecule has 0 spiro atoms. The lowest BCUT2D eigenvalue weighted by atomic mass is 10.2. The minimum absolute atomic E-state index is 0.195. The van der Waals surface area contributed by atoms with E-state index in [1.807, 2.05) is 24.6 Å². The Labute approximate surface area is 137 Å². The molecule has 23 heavy (non-hydrogen) atoms. The number of aryl methyl sites for hydroxylation is 1. The molecule has 0 saturated carbocycles. The van der Waals surface area contributed by atoms with Crippen LogP contribution in [-0.4, -0.2) is 31.2 Å². The molecule has 1 atom stereocenters. The molecule has 1 unspecified atom stereocenters. The fraction of sp³-hybridized carbons (Fsp3) is 0.400. The number of thiophene rings is 1. The molecular formula is C15H18N6OS. The zero-order valence-corrected chi connectivity index (χ0v) is 13.7. The summed E-state index contributed by atoms with van der Waals surface area (Å²) < 4.78 is 7.22. The number of anilines is 1. The molecular weight excluding hydrogens is 312 g/mol. The first-order chi connectivity index (χ1) is 11.2. The van der Waals surface area contributed by atoms with Gasteiger partial charge in [-0.05, 0) is 30.8 Å². The number of nitrogens with zero attached hydrogens (tertiary/aromatic N) is 5. The maximum atomic E-state index is 5.81. The predicted molar refractivity (Wildman–Crippen MR) is 87.6 cm³/mol. The van der Waals surface area contributed by atoms with Gasteiger partial charge in [0.15, 0.2) is 5.82 Å². The number of hydrogen-bond acceptors (Lipinski definition) is 7. The van der Waals surface area contributed by atoms with Crippen molar-refractivity contribution in [1.82, 2.24) is 24.6 Å². The Balaban J connectivity index is 1.51. The SMILES string of the molecule is Cn1nc(C2CCCN2Cc2coc(-c3cccs3)n2)nc1N. The normalized spacial score (nSPS) is 18.7. The molecule has 3 aromatic rings. The van der Waals surface area contributed by atoms with Crippen LogP contribution in [0.4, 0.5) is 5.95 Å². The summed E-state index contributed by atoms with van der Waals surface area (Å²) >= 11 is 1.63. The van der Waals surface area contributed by atoms with Crippen LogP contribution in [0.15, 0.2) is 28.2 Å². The van der Waals surface area contributed by atoms with Gasteiger partial charge in [0, 0.05) is 13.6 Å². The fourth-order valence-electron chi connectivity index (χ4n) is 2.97. The van der Waals surface area contributed by atoms with Crippen molar-refractivity contribution in [3.05, 3.63) is 35.3 Å². The van der Waals surface area contributed by atoms with E-state index in [-0.39, 0.29) is 6.04 Å². The Morgan fingerprint density at radius 2 is 2.35 bits per heavy atom. The number of oxazole rings is 1. The highest BCUT2D eigenvalue weighted by Gasteiger charge is 2.30. The summed E-state index contributed by atoms with van der Waals surface area (Å²) in [7, 11) is 1.82. The molecule has 0 bridgehead atoms. The van der Waals surface area contributed by atoms with E-state index in [1.54, 1.807) is 22.3 Å². The van der Waals surface area contributed by atoms with Crippen molar-refractivity contribution in [2.75, 3.05) is 12.3 Å². The topological polar surface area (TPSA) is 86.0 Å². The molecule has 2 N–H and O–H groups in total. The van der Waals surface area contributed by atoms with Crippen molar-refractivity contribution < 1.29 is 4.42 Å². The summed E-state index contributed by atoms with van der Waals surface area (Å²) in [6.45, 7) is 1.74. The van der Waals surface area contributed by atoms with Crippen molar-refractivity contribution >= 4 is 17.3 Å². The Morgan fingerprint density at radius 3 is 3.09 bits per heavy atom. The second-order valence-electron chi connectivity index (χ2n) is 5.70. The van der Waals surface area contributed by atoms with Crippen molar-refractivity contribution in [1.29, 1.82) is 0 Å². The third kappa shape index (κ3) is 2.75. The molecule has 8 heteroatoms. The third-order valence-electron chi connectivity index (χ3n) is 4.12. The van der Waals surface area contributed by atoms with Crippen LogP contribution >= 0.6 is 11.3 Å². The predicted octanol–water partition coefficient (Wildman–Crippen LogP) is 2.45. The average molecular weight is 330 g/mol. The van der Waals surface area contributed by atoms with Crippen LogP contribution in [0, 0.1) is 0 Å². The molecule has 0 aromatic carbocycles. The lowest BCUT2D eigenvalue weighted by Gasteiger charge is -2.20. The van der Waals surface area contributed by atoms with E-state index in [9.17, 15) is 0 Å². The van der Waals surface area contributed by atoms with Crippen LogP contribution in [0.1, 0.15) is 30.4 Å². The molecule has 0 amide bonds. The van der Waals surface area contributed by atoms with E-state index in [1.165, 1.54) is 0 Å². The monoisotopic (exact) mass is 330 g/mol. The van der Waals surface area contributed by atoms with Crippen LogP contribution < -0.4 is 5.73 Å². The number of aromatic nitrogens is 4. The Bertz CT molecular complexity index is 773. The number of nitrogen functional groups attached to an aromatic ring is 1. The van der Waals surface area contributed by atoms with Crippen LogP contribution in [-0.2, 0) is 13.6 Å². The molecule has 1 aliphatic rings. The average Bonchev–Trinajstić information content (AvgIpc) is 3.29. The van der Waals surface area contributed by atoms with Gasteiger partial charge in [-0.2, -0.15) is 10.1 Å². The highest BCUT2D eigenvalue weighted by atomic mass is 32.1. The number of hydrogen-bond donors (Lipinski definition) is 1. The molecule has 1 saturated heterocycles. The summed E-state index contributed by atoms with van der Waals surface area (Å²) in [6.07, 6.45) is 3.90. The van der Waals surface area contributed by atoms with E-state index in [0.29, 0.717) is 11.8 Å². The zero-order valence-electron chi connectivity index (χ0n) is 12.8. The highest BCUT2D eigenvalue weighted by Crippen LogP contribution is 2.32. The molecule has 7 nitrogen and oxygen atoms in total. The van der Waals surface area contributed by atoms with Crippen molar-refractivity contribution in [3.63, 3.8) is 0 Å². The van der Waals surface area contributed by atoms with Gasteiger partial charge in [0.1, 0.15) is 6.26 Å². The summed E-state index contributed by atoms with van der Waals surface area (Å²) in [5.74, 6) is 1.93.